The molecule has 0 spiro atoms. The van der Waals surface area contributed by atoms with E-state index in [9.17, 15) is 4.79 Å². The van der Waals surface area contributed by atoms with Gasteiger partial charge in [-0.1, -0.05) is 6.07 Å². The highest BCUT2D eigenvalue weighted by molar-refractivity contribution is 5.90. The van der Waals surface area contributed by atoms with Gasteiger partial charge in [-0.2, -0.15) is 5.10 Å². The van der Waals surface area contributed by atoms with Crippen molar-refractivity contribution < 1.29 is 14.3 Å². The first-order valence-corrected chi connectivity index (χ1v) is 8.26. The van der Waals surface area contributed by atoms with E-state index in [1.807, 2.05) is 32.2 Å². The van der Waals surface area contributed by atoms with E-state index in [1.54, 1.807) is 25.1 Å². The van der Waals surface area contributed by atoms with Crippen molar-refractivity contribution in [3.05, 3.63) is 35.5 Å². The van der Waals surface area contributed by atoms with Crippen LogP contribution in [0.4, 0.5) is 5.82 Å². The summed E-state index contributed by atoms with van der Waals surface area (Å²) < 4.78 is 12.4. The van der Waals surface area contributed by atoms with Crippen LogP contribution >= 0.6 is 12.4 Å². The second-order valence-electron chi connectivity index (χ2n) is 5.78. The van der Waals surface area contributed by atoms with Crippen LogP contribution in [0.15, 0.2) is 24.4 Å². The van der Waals surface area contributed by atoms with Crippen LogP contribution in [0, 0.1) is 6.92 Å². The Bertz CT molecular complexity index is 718. The Morgan fingerprint density at radius 3 is 2.62 bits per heavy atom. The third-order valence-electron chi connectivity index (χ3n) is 3.89. The van der Waals surface area contributed by atoms with Gasteiger partial charge in [0.1, 0.15) is 5.82 Å². The largest absolute Gasteiger partial charge is 0.493 e. The zero-order chi connectivity index (χ0) is 18.2. The minimum atomic E-state index is -0.00703. The van der Waals surface area contributed by atoms with Crippen molar-refractivity contribution in [1.29, 1.82) is 0 Å². The standard InChI is InChI=1S/C18H26N4O3.ClH/c1-13-11-20-22(18(13)21-17(23)6-5-9-19-2)12-14-7-8-15(24-3)16(10-14)25-4;/h7-8,10-11,19H,5-6,9,12H2,1-4H3,(H,21,23);1H. The molecule has 0 aliphatic carbocycles. The van der Waals surface area contributed by atoms with Gasteiger partial charge in [0.05, 0.1) is 27.0 Å². The summed E-state index contributed by atoms with van der Waals surface area (Å²) >= 11 is 0. The van der Waals surface area contributed by atoms with Gasteiger partial charge in [-0.3, -0.25) is 4.79 Å². The molecule has 2 rings (SSSR count). The van der Waals surface area contributed by atoms with Crippen LogP contribution in [0.3, 0.4) is 0 Å². The molecule has 8 heteroatoms. The Morgan fingerprint density at radius 1 is 1.23 bits per heavy atom. The molecule has 1 amide bonds. The molecule has 1 aromatic carbocycles. The number of benzene rings is 1. The molecule has 0 aliphatic rings. The van der Waals surface area contributed by atoms with E-state index in [1.165, 1.54) is 0 Å². The number of ether oxygens (including phenoxy) is 2. The molecule has 0 bridgehead atoms. The van der Waals surface area contributed by atoms with Crippen LogP contribution in [0.5, 0.6) is 11.5 Å². The molecule has 0 aliphatic heterocycles. The van der Waals surface area contributed by atoms with E-state index in [2.05, 4.69) is 15.7 Å². The molecular weight excluding hydrogens is 356 g/mol. The van der Waals surface area contributed by atoms with Crippen molar-refractivity contribution in [2.24, 2.45) is 0 Å². The van der Waals surface area contributed by atoms with E-state index < -0.39 is 0 Å². The van der Waals surface area contributed by atoms with Gasteiger partial charge in [-0.15, -0.1) is 12.4 Å². The molecule has 0 fully saturated rings. The van der Waals surface area contributed by atoms with Crippen molar-refractivity contribution in [3.63, 3.8) is 0 Å². The molecule has 1 aromatic heterocycles. The normalized spacial score (nSPS) is 10.2. The number of amides is 1. The van der Waals surface area contributed by atoms with Gasteiger partial charge < -0.3 is 20.1 Å². The minimum Gasteiger partial charge on any atom is -0.493 e. The van der Waals surface area contributed by atoms with Crippen LogP contribution in [0.25, 0.3) is 0 Å². The maximum atomic E-state index is 12.1. The van der Waals surface area contributed by atoms with Gasteiger partial charge in [0.2, 0.25) is 5.91 Å². The maximum absolute atomic E-state index is 12.1. The molecule has 2 aromatic rings. The zero-order valence-electron chi connectivity index (χ0n) is 15.7. The summed E-state index contributed by atoms with van der Waals surface area (Å²) in [5.41, 5.74) is 1.94. The maximum Gasteiger partial charge on any atom is 0.225 e. The molecule has 7 nitrogen and oxygen atoms in total. The smallest absolute Gasteiger partial charge is 0.225 e. The number of methoxy groups -OCH3 is 2. The molecule has 0 radical (unpaired) electrons. The van der Waals surface area contributed by atoms with Crippen LogP contribution in [-0.2, 0) is 11.3 Å². The average molecular weight is 383 g/mol. The first-order valence-electron chi connectivity index (χ1n) is 8.26. The predicted molar refractivity (Wildman–Crippen MR) is 105 cm³/mol. The van der Waals surface area contributed by atoms with Gasteiger partial charge in [-0.25, -0.2) is 4.68 Å². The lowest BCUT2D eigenvalue weighted by Gasteiger charge is -2.12. The van der Waals surface area contributed by atoms with E-state index in [4.69, 9.17) is 9.47 Å². The molecule has 1 heterocycles. The summed E-state index contributed by atoms with van der Waals surface area (Å²) in [6, 6.07) is 5.73. The Morgan fingerprint density at radius 2 is 1.96 bits per heavy atom. The van der Waals surface area contributed by atoms with Crippen LogP contribution < -0.4 is 20.1 Å². The number of aromatic nitrogens is 2. The highest BCUT2D eigenvalue weighted by Crippen LogP contribution is 2.28. The monoisotopic (exact) mass is 382 g/mol. The van der Waals surface area contributed by atoms with E-state index >= 15 is 0 Å². The fraction of sp³-hybridized carbons (Fsp3) is 0.444. The summed E-state index contributed by atoms with van der Waals surface area (Å²) in [6.07, 6.45) is 3.02. The number of hydrogen-bond donors (Lipinski definition) is 2. The summed E-state index contributed by atoms with van der Waals surface area (Å²) in [6.45, 7) is 3.28. The third kappa shape index (κ3) is 5.64. The van der Waals surface area contributed by atoms with Crippen molar-refractivity contribution in [2.45, 2.75) is 26.3 Å². The van der Waals surface area contributed by atoms with Crippen molar-refractivity contribution in [1.82, 2.24) is 15.1 Å². The molecular formula is C18H27ClN4O3. The van der Waals surface area contributed by atoms with Gasteiger partial charge in [0, 0.05) is 12.0 Å². The number of rotatable bonds is 9. The molecule has 0 saturated heterocycles. The number of nitrogens with one attached hydrogen (secondary N) is 2. The molecule has 2 N–H and O–H groups in total. The van der Waals surface area contributed by atoms with E-state index in [0.29, 0.717) is 24.5 Å². The lowest BCUT2D eigenvalue weighted by Crippen LogP contribution is -2.18. The minimum absolute atomic E-state index is 0. The van der Waals surface area contributed by atoms with Crippen LogP contribution in [0.1, 0.15) is 24.0 Å². The topological polar surface area (TPSA) is 77.4 Å². The SMILES string of the molecule is CNCCCC(=O)Nc1c(C)cnn1Cc1ccc(OC)c(OC)c1.Cl. The molecule has 0 atom stereocenters. The molecule has 26 heavy (non-hydrogen) atoms. The Hall–Kier alpha value is -2.25. The Labute approximate surface area is 160 Å². The number of hydrogen-bond acceptors (Lipinski definition) is 5. The van der Waals surface area contributed by atoms with Gasteiger partial charge in [0.15, 0.2) is 11.5 Å². The highest BCUT2D eigenvalue weighted by atomic mass is 35.5. The number of aryl methyl sites for hydroxylation is 1. The van der Waals surface area contributed by atoms with Gasteiger partial charge in [0.25, 0.3) is 0 Å². The van der Waals surface area contributed by atoms with Crippen LogP contribution in [0.2, 0.25) is 0 Å². The first kappa shape index (κ1) is 21.8. The summed E-state index contributed by atoms with van der Waals surface area (Å²) in [4.78, 5) is 12.1. The fourth-order valence-electron chi connectivity index (χ4n) is 2.53. The number of halogens is 1. The Balaban J connectivity index is 0.00000338. The number of nitrogens with zero attached hydrogens (tertiary/aromatic N) is 2. The third-order valence-corrected chi connectivity index (χ3v) is 3.89. The average Bonchev–Trinajstić information content (AvgIpc) is 2.95. The second kappa shape index (κ2) is 10.7. The lowest BCUT2D eigenvalue weighted by molar-refractivity contribution is -0.116. The fourth-order valence-corrected chi connectivity index (χ4v) is 2.53. The van der Waals surface area contributed by atoms with E-state index in [-0.39, 0.29) is 18.3 Å². The number of carbonyl (C=O) groups excluding carboxylic acids is 1. The first-order chi connectivity index (χ1) is 12.1. The van der Waals surface area contributed by atoms with E-state index in [0.717, 1.165) is 29.9 Å². The van der Waals surface area contributed by atoms with Gasteiger partial charge in [-0.05, 0) is 44.6 Å². The van der Waals surface area contributed by atoms with Gasteiger partial charge >= 0.3 is 0 Å². The number of carbonyl (C=O) groups is 1. The van der Waals surface area contributed by atoms with Crippen molar-refractivity contribution >= 4 is 24.1 Å². The summed E-state index contributed by atoms with van der Waals surface area (Å²) in [7, 11) is 5.09. The summed E-state index contributed by atoms with van der Waals surface area (Å²) in [5.74, 6) is 2.07. The Kier molecular flexibility index (Phi) is 8.95. The lowest BCUT2D eigenvalue weighted by atomic mass is 10.2. The second-order valence-corrected chi connectivity index (χ2v) is 5.78. The number of anilines is 1. The predicted octanol–water partition coefficient (Wildman–Crippen LogP) is 2.62. The molecule has 0 saturated carbocycles. The zero-order valence-corrected chi connectivity index (χ0v) is 16.5. The molecule has 0 unspecified atom stereocenters. The molecule has 144 valence electrons. The van der Waals surface area contributed by atoms with Crippen molar-refractivity contribution in [2.75, 3.05) is 33.1 Å². The summed E-state index contributed by atoms with van der Waals surface area (Å²) in [5, 5.41) is 10.4. The van der Waals surface area contributed by atoms with Crippen LogP contribution in [-0.4, -0.2) is 43.5 Å². The highest BCUT2D eigenvalue weighted by Gasteiger charge is 2.12. The van der Waals surface area contributed by atoms with Crippen molar-refractivity contribution in [3.8, 4) is 11.5 Å². The quantitative estimate of drug-likeness (QED) is 0.652.